The van der Waals surface area contributed by atoms with E-state index in [1.165, 1.54) is 0 Å². The third kappa shape index (κ3) is 4.59. The Kier molecular flexibility index (Phi) is 5.17. The van der Waals surface area contributed by atoms with Gasteiger partial charge in [0.05, 0.1) is 0 Å². The molecule has 17 heteroatoms. The van der Waals surface area contributed by atoms with Gasteiger partial charge in [0.25, 0.3) is 0 Å². The predicted molar refractivity (Wildman–Crippen MR) is 68.6 cm³/mol. The quantitative estimate of drug-likeness (QED) is 0.229. The van der Waals surface area contributed by atoms with Crippen LogP contribution in [0.5, 0.6) is 0 Å². The van der Waals surface area contributed by atoms with E-state index in [4.69, 9.17) is 0 Å². The molecule has 0 N–H and O–H groups in total. The summed E-state index contributed by atoms with van der Waals surface area (Å²) in [6.07, 6.45) is 0. The number of hydrogen-bond donors (Lipinski definition) is 0. The van der Waals surface area contributed by atoms with E-state index in [1.54, 1.807) is 4.52 Å². The van der Waals surface area contributed by atoms with Crippen LogP contribution >= 0.6 is 31.2 Å². The van der Waals surface area contributed by atoms with Crippen LogP contribution in [0.15, 0.2) is 13.5 Å². The molecule has 20 heavy (non-hydrogen) atoms. The first-order valence-corrected chi connectivity index (χ1v) is 20.5. The topological polar surface area (TPSA) is 57.4 Å². The fraction of sp³-hybridized carbons (Fsp3) is 1.00. The fourth-order valence-electron chi connectivity index (χ4n) is 1.40. The average Bonchev–Trinajstić information content (AvgIpc) is 1.84. The maximum absolute atomic E-state index is 14.4. The molecule has 5 nitrogen and oxygen atoms in total. The first-order valence-electron chi connectivity index (χ1n) is 4.69. The zero-order chi connectivity index (χ0) is 16.2. The van der Waals surface area contributed by atoms with E-state index in [-0.39, 0.29) is 0 Å². The van der Waals surface area contributed by atoms with Gasteiger partial charge in [-0.25, -0.2) is 0 Å². The minimum atomic E-state index is -6.40. The third-order valence-corrected chi connectivity index (χ3v) is 24.9. The van der Waals surface area contributed by atoms with Gasteiger partial charge in [0.15, 0.2) is 0 Å². The van der Waals surface area contributed by atoms with Crippen molar-refractivity contribution in [2.24, 2.45) is 13.5 Å². The van der Waals surface area contributed by atoms with Crippen LogP contribution in [-0.4, -0.2) is 21.3 Å². The van der Waals surface area contributed by atoms with Crippen LogP contribution in [0, 0.1) is 0 Å². The van der Waals surface area contributed by atoms with Crippen molar-refractivity contribution in [3.05, 3.63) is 0 Å². The Bertz CT molecular complexity index is 617. The Morgan fingerprint density at radius 1 is 0.900 bits per heavy atom. The summed E-state index contributed by atoms with van der Waals surface area (Å²) < 4.78 is 109. The van der Waals surface area contributed by atoms with Crippen molar-refractivity contribution in [2.45, 2.75) is 14.8 Å². The summed E-state index contributed by atoms with van der Waals surface area (Å²) >= 11 is -4.37. The fourth-order valence-corrected chi connectivity index (χ4v) is 24.4. The van der Waals surface area contributed by atoms with E-state index < -0.39 is 52.5 Å². The number of rotatable bonds is 3. The molecule has 1 heterocycles. The molecule has 0 bridgehead atoms. The summed E-state index contributed by atoms with van der Waals surface area (Å²) in [6.45, 7) is 0. The second-order valence-electron chi connectivity index (χ2n) is 4.57. The molecular weight excluding hydrogens is 484 g/mol. The molecule has 0 aromatic carbocycles. The summed E-state index contributed by atoms with van der Waals surface area (Å²) in [5, 5.41) is 0. The average molecular weight is 493 g/mol. The van der Waals surface area contributed by atoms with E-state index in [1.807, 2.05) is 0 Å². The van der Waals surface area contributed by atoms with E-state index in [9.17, 15) is 33.9 Å². The Hall–Kier alpha value is 1.19. The molecule has 120 valence electrons. The SMILES string of the molecule is [CH3][Sn]([CH3])([CH3])[N](P(=O)(F)F)P1(F)=NP(F)(F)=NP(F)(F)=N1. The van der Waals surface area contributed by atoms with Gasteiger partial charge in [-0.3, -0.25) is 0 Å². The van der Waals surface area contributed by atoms with E-state index in [0.29, 0.717) is 0 Å². The molecule has 1 atom stereocenters. The molecule has 0 aliphatic carbocycles. The van der Waals surface area contributed by atoms with Crippen LogP contribution in [0.4, 0.5) is 29.4 Å². The normalized spacial score (nSPS) is 29.4. The van der Waals surface area contributed by atoms with Crippen molar-refractivity contribution in [1.29, 1.82) is 0 Å². The van der Waals surface area contributed by atoms with Gasteiger partial charge >= 0.3 is 115 Å². The molecule has 0 saturated carbocycles. The molecule has 0 aromatic rings. The van der Waals surface area contributed by atoms with Crippen LogP contribution in [0.25, 0.3) is 0 Å². The van der Waals surface area contributed by atoms with Gasteiger partial charge in [-0.15, -0.1) is 0 Å². The summed E-state index contributed by atoms with van der Waals surface area (Å²) in [4.78, 5) is 3.31. The summed E-state index contributed by atoms with van der Waals surface area (Å²) in [5.41, 5.74) is 0. The standard InChI is InChI=1S/3CH3.F7N4OP4.Sn/c;;;1-13(2)8-14(3,4)10-16(7,9-13)11-15(5,6)12;/h3*1H3;;/q;;;-1;+1. The van der Waals surface area contributed by atoms with Crippen LogP contribution in [0.2, 0.25) is 14.8 Å². The second kappa shape index (κ2) is 5.37. The molecule has 0 radical (unpaired) electrons. The van der Waals surface area contributed by atoms with Crippen LogP contribution in [-0.2, 0) is 4.57 Å². The first kappa shape index (κ1) is 19.2. The van der Waals surface area contributed by atoms with Crippen LogP contribution in [0.1, 0.15) is 0 Å². The van der Waals surface area contributed by atoms with Gasteiger partial charge in [-0.1, -0.05) is 0 Å². The van der Waals surface area contributed by atoms with Gasteiger partial charge in [0, 0.05) is 0 Å². The zero-order valence-electron chi connectivity index (χ0n) is 10.1. The van der Waals surface area contributed by atoms with Gasteiger partial charge < -0.3 is 0 Å². The van der Waals surface area contributed by atoms with Crippen molar-refractivity contribution in [1.82, 2.24) is 2.66 Å². The van der Waals surface area contributed by atoms with Gasteiger partial charge in [-0.2, -0.15) is 0 Å². The Labute approximate surface area is 115 Å². The molecule has 1 rings (SSSR count). The Morgan fingerprint density at radius 2 is 1.30 bits per heavy atom. The monoisotopic (exact) mass is 494 g/mol. The number of nitrogens with zero attached hydrogens (tertiary/aromatic N) is 4. The summed E-state index contributed by atoms with van der Waals surface area (Å²) in [5.74, 6) is 0. The summed E-state index contributed by atoms with van der Waals surface area (Å²) in [6, 6.07) is 0. The molecular formula is C3H9F7N4OP4Sn. The van der Waals surface area contributed by atoms with Gasteiger partial charge in [-0.05, 0) is 0 Å². The number of hydrogen-bond acceptors (Lipinski definition) is 4. The molecule has 0 aromatic heterocycles. The maximum atomic E-state index is 14.4. The van der Waals surface area contributed by atoms with Crippen molar-refractivity contribution in [3.8, 4) is 0 Å². The van der Waals surface area contributed by atoms with E-state index >= 15 is 0 Å². The Balaban J connectivity index is 3.74. The molecule has 0 amide bonds. The summed E-state index contributed by atoms with van der Waals surface area (Å²) in [7, 11) is -24.4. The molecule has 1 unspecified atom stereocenters. The van der Waals surface area contributed by atoms with E-state index in [0.717, 1.165) is 14.8 Å². The van der Waals surface area contributed by atoms with Gasteiger partial charge in [0.1, 0.15) is 0 Å². The van der Waals surface area contributed by atoms with Crippen LogP contribution < -0.4 is 0 Å². The molecule has 1 aliphatic rings. The van der Waals surface area contributed by atoms with Gasteiger partial charge in [0.2, 0.25) is 0 Å². The molecule has 1 aliphatic heterocycles. The van der Waals surface area contributed by atoms with Crippen molar-refractivity contribution < 1.29 is 33.9 Å². The Morgan fingerprint density at radius 3 is 1.60 bits per heavy atom. The number of halogens is 7. The zero-order valence-corrected chi connectivity index (χ0v) is 16.6. The second-order valence-corrected chi connectivity index (χ2v) is 27.3. The molecule has 0 spiro atoms. The third-order valence-electron chi connectivity index (χ3n) is 1.72. The van der Waals surface area contributed by atoms with Crippen LogP contribution in [0.3, 0.4) is 0 Å². The van der Waals surface area contributed by atoms with Crippen molar-refractivity contribution in [2.75, 3.05) is 0 Å². The molecule has 0 saturated heterocycles. The first-order chi connectivity index (χ1) is 8.49. The van der Waals surface area contributed by atoms with Crippen molar-refractivity contribution >= 4 is 49.9 Å². The van der Waals surface area contributed by atoms with E-state index in [2.05, 4.69) is 9.03 Å². The predicted octanol–water partition coefficient (Wildman–Crippen LogP) is 7.87. The van der Waals surface area contributed by atoms with Crippen molar-refractivity contribution in [3.63, 3.8) is 0 Å². The molecule has 0 fully saturated rings. The minimum absolute atomic E-state index is 0.634.